The van der Waals surface area contributed by atoms with Crippen LogP contribution in [0.3, 0.4) is 0 Å². The average Bonchev–Trinajstić information content (AvgIpc) is 2.89. The van der Waals surface area contributed by atoms with Crippen LogP contribution in [-0.4, -0.2) is 32.3 Å². The van der Waals surface area contributed by atoms with E-state index in [1.807, 2.05) is 12.1 Å². The van der Waals surface area contributed by atoms with E-state index in [4.69, 9.17) is 9.47 Å². The van der Waals surface area contributed by atoms with Crippen LogP contribution in [0.15, 0.2) is 24.3 Å². The van der Waals surface area contributed by atoms with Crippen molar-refractivity contribution in [3.8, 4) is 5.75 Å². The molecule has 0 radical (unpaired) electrons. The molecule has 1 aromatic rings. The summed E-state index contributed by atoms with van der Waals surface area (Å²) in [6.45, 7) is 1.37. The van der Waals surface area contributed by atoms with E-state index in [2.05, 4.69) is 5.32 Å². The molecule has 1 unspecified atom stereocenters. The van der Waals surface area contributed by atoms with Gasteiger partial charge >= 0.3 is 0 Å². The van der Waals surface area contributed by atoms with E-state index < -0.39 is 0 Å². The number of rotatable bonds is 4. The lowest BCUT2D eigenvalue weighted by Gasteiger charge is -2.12. The third-order valence-corrected chi connectivity index (χ3v) is 2.87. The van der Waals surface area contributed by atoms with Crippen molar-refractivity contribution in [2.45, 2.75) is 18.9 Å². The molecule has 0 saturated carbocycles. The van der Waals surface area contributed by atoms with Crippen LogP contribution in [0.25, 0.3) is 0 Å². The van der Waals surface area contributed by atoms with E-state index >= 15 is 0 Å². The van der Waals surface area contributed by atoms with Gasteiger partial charge in [-0.1, -0.05) is 12.1 Å². The standard InChI is InChI=1S/C13H17NO3/c1-16-12-7-3-2-6-11(12)13(15)14-9-10-5-4-8-17-10/h2-3,6-7,10H,4-5,8-9H2,1H3,(H,14,15). The first-order valence-corrected chi connectivity index (χ1v) is 5.84. The maximum Gasteiger partial charge on any atom is 0.255 e. The monoisotopic (exact) mass is 235 g/mol. The molecule has 0 aliphatic carbocycles. The quantitative estimate of drug-likeness (QED) is 0.862. The first kappa shape index (κ1) is 11.9. The predicted octanol–water partition coefficient (Wildman–Crippen LogP) is 1.60. The van der Waals surface area contributed by atoms with E-state index in [-0.39, 0.29) is 12.0 Å². The number of benzene rings is 1. The van der Waals surface area contributed by atoms with Gasteiger partial charge in [0.05, 0.1) is 18.8 Å². The first-order valence-electron chi connectivity index (χ1n) is 5.84. The molecule has 1 N–H and O–H groups in total. The van der Waals surface area contributed by atoms with Crippen LogP contribution in [0, 0.1) is 0 Å². The molecule has 0 aromatic heterocycles. The molecule has 92 valence electrons. The third kappa shape index (κ3) is 2.97. The lowest BCUT2D eigenvalue weighted by atomic mass is 10.2. The van der Waals surface area contributed by atoms with Crippen LogP contribution in [0.2, 0.25) is 0 Å². The zero-order chi connectivity index (χ0) is 12.1. The highest BCUT2D eigenvalue weighted by Crippen LogP contribution is 2.17. The van der Waals surface area contributed by atoms with Gasteiger partial charge in [-0.2, -0.15) is 0 Å². The highest BCUT2D eigenvalue weighted by atomic mass is 16.5. The van der Waals surface area contributed by atoms with E-state index in [0.717, 1.165) is 19.4 Å². The molecule has 0 spiro atoms. The summed E-state index contributed by atoms with van der Waals surface area (Å²) in [4.78, 5) is 11.9. The predicted molar refractivity (Wildman–Crippen MR) is 64.3 cm³/mol. The van der Waals surface area contributed by atoms with E-state index in [0.29, 0.717) is 17.9 Å². The van der Waals surface area contributed by atoms with E-state index in [1.54, 1.807) is 19.2 Å². The Labute approximate surface area is 101 Å². The lowest BCUT2D eigenvalue weighted by molar-refractivity contribution is 0.0855. The Morgan fingerprint density at radius 2 is 2.35 bits per heavy atom. The van der Waals surface area contributed by atoms with Crippen molar-refractivity contribution < 1.29 is 14.3 Å². The van der Waals surface area contributed by atoms with Gasteiger partial charge in [-0.3, -0.25) is 4.79 Å². The number of amides is 1. The third-order valence-electron chi connectivity index (χ3n) is 2.87. The average molecular weight is 235 g/mol. The van der Waals surface area contributed by atoms with Gasteiger partial charge in [-0.15, -0.1) is 0 Å². The van der Waals surface area contributed by atoms with Crippen LogP contribution in [0.1, 0.15) is 23.2 Å². The fourth-order valence-electron chi connectivity index (χ4n) is 1.94. The molecule has 1 aliphatic rings. The molecule has 0 bridgehead atoms. The van der Waals surface area contributed by atoms with Crippen LogP contribution < -0.4 is 10.1 Å². The van der Waals surface area contributed by atoms with Crippen LogP contribution in [0.4, 0.5) is 0 Å². The molecule has 4 nitrogen and oxygen atoms in total. The largest absolute Gasteiger partial charge is 0.496 e. The highest BCUT2D eigenvalue weighted by molar-refractivity contribution is 5.96. The van der Waals surface area contributed by atoms with E-state index in [9.17, 15) is 4.79 Å². The molecule has 1 fully saturated rings. The Hall–Kier alpha value is -1.55. The highest BCUT2D eigenvalue weighted by Gasteiger charge is 2.17. The first-order chi connectivity index (χ1) is 8.31. The zero-order valence-electron chi connectivity index (χ0n) is 9.94. The molecule has 1 saturated heterocycles. The minimum Gasteiger partial charge on any atom is -0.496 e. The van der Waals surface area contributed by atoms with Crippen LogP contribution in [-0.2, 0) is 4.74 Å². The Kier molecular flexibility index (Phi) is 3.98. The molecular formula is C13H17NO3. The minimum atomic E-state index is -0.113. The number of hydrogen-bond donors (Lipinski definition) is 1. The van der Waals surface area contributed by atoms with Crippen molar-refractivity contribution in [3.05, 3.63) is 29.8 Å². The summed E-state index contributed by atoms with van der Waals surface area (Å²) in [6.07, 6.45) is 2.26. The van der Waals surface area contributed by atoms with Gasteiger partial charge in [0.2, 0.25) is 0 Å². The SMILES string of the molecule is COc1ccccc1C(=O)NCC1CCCO1. The van der Waals surface area contributed by atoms with Crippen molar-refractivity contribution in [1.82, 2.24) is 5.32 Å². The molecule has 1 aliphatic heterocycles. The van der Waals surface area contributed by atoms with Crippen molar-refractivity contribution in [1.29, 1.82) is 0 Å². The molecule has 2 rings (SSSR count). The second-order valence-corrected chi connectivity index (χ2v) is 4.05. The Balaban J connectivity index is 1.94. The van der Waals surface area contributed by atoms with Crippen molar-refractivity contribution in [2.24, 2.45) is 0 Å². The van der Waals surface area contributed by atoms with Crippen LogP contribution in [0.5, 0.6) is 5.75 Å². The molecule has 17 heavy (non-hydrogen) atoms. The number of para-hydroxylation sites is 1. The van der Waals surface area contributed by atoms with Gasteiger partial charge in [0, 0.05) is 13.2 Å². The maximum atomic E-state index is 11.9. The summed E-state index contributed by atoms with van der Waals surface area (Å²) in [5.74, 6) is 0.482. The number of carbonyl (C=O) groups is 1. The van der Waals surface area contributed by atoms with Gasteiger partial charge in [-0.05, 0) is 25.0 Å². The molecule has 1 heterocycles. The zero-order valence-corrected chi connectivity index (χ0v) is 9.94. The number of ether oxygens (including phenoxy) is 2. The van der Waals surface area contributed by atoms with Gasteiger partial charge in [0.1, 0.15) is 5.75 Å². The Morgan fingerprint density at radius 1 is 1.53 bits per heavy atom. The summed E-state index contributed by atoms with van der Waals surface area (Å²) in [7, 11) is 1.56. The summed E-state index contributed by atoms with van der Waals surface area (Å²) in [6, 6.07) is 7.20. The molecule has 1 aromatic carbocycles. The summed E-state index contributed by atoms with van der Waals surface area (Å²) >= 11 is 0. The van der Waals surface area contributed by atoms with Crippen molar-refractivity contribution >= 4 is 5.91 Å². The fourth-order valence-corrected chi connectivity index (χ4v) is 1.94. The number of nitrogens with one attached hydrogen (secondary N) is 1. The summed E-state index contributed by atoms with van der Waals surface area (Å²) in [5.41, 5.74) is 0.563. The number of hydrogen-bond acceptors (Lipinski definition) is 3. The summed E-state index contributed by atoms with van der Waals surface area (Å²) in [5, 5.41) is 2.87. The smallest absolute Gasteiger partial charge is 0.255 e. The van der Waals surface area contributed by atoms with Crippen molar-refractivity contribution in [2.75, 3.05) is 20.3 Å². The minimum absolute atomic E-state index is 0.113. The lowest BCUT2D eigenvalue weighted by Crippen LogP contribution is -2.31. The van der Waals surface area contributed by atoms with Crippen LogP contribution >= 0.6 is 0 Å². The Morgan fingerprint density at radius 3 is 3.06 bits per heavy atom. The van der Waals surface area contributed by atoms with Crippen molar-refractivity contribution in [3.63, 3.8) is 0 Å². The van der Waals surface area contributed by atoms with Gasteiger partial charge < -0.3 is 14.8 Å². The van der Waals surface area contributed by atoms with Gasteiger partial charge in [0.25, 0.3) is 5.91 Å². The molecule has 1 amide bonds. The Bertz CT molecular complexity index is 386. The normalized spacial score (nSPS) is 19.0. The fraction of sp³-hybridized carbons (Fsp3) is 0.462. The van der Waals surface area contributed by atoms with Gasteiger partial charge in [-0.25, -0.2) is 0 Å². The maximum absolute atomic E-state index is 11.9. The molecular weight excluding hydrogens is 218 g/mol. The molecule has 4 heteroatoms. The van der Waals surface area contributed by atoms with E-state index in [1.165, 1.54) is 0 Å². The second-order valence-electron chi connectivity index (χ2n) is 4.05. The number of carbonyl (C=O) groups excluding carboxylic acids is 1. The van der Waals surface area contributed by atoms with Gasteiger partial charge in [0.15, 0.2) is 0 Å². The summed E-state index contributed by atoms with van der Waals surface area (Å²) < 4.78 is 10.6. The topological polar surface area (TPSA) is 47.6 Å². The second kappa shape index (κ2) is 5.68. The number of methoxy groups -OCH3 is 1. The molecule has 1 atom stereocenters.